The van der Waals surface area contributed by atoms with Crippen LogP contribution in [0.4, 0.5) is 4.39 Å². The summed E-state index contributed by atoms with van der Waals surface area (Å²) in [4.78, 5) is 10.1. The third-order valence-corrected chi connectivity index (χ3v) is 1.97. The van der Waals surface area contributed by atoms with E-state index in [1.54, 1.807) is 0 Å². The first-order valence-electron chi connectivity index (χ1n) is 3.77. The third kappa shape index (κ3) is 2.46. The van der Waals surface area contributed by atoms with E-state index in [0.29, 0.717) is 0 Å². The van der Waals surface area contributed by atoms with Gasteiger partial charge in [0, 0.05) is 0 Å². The Morgan fingerprint density at radius 2 is 2.55 bits per heavy atom. The Labute approximate surface area is 64.6 Å². The Balaban J connectivity index is 2.23. The van der Waals surface area contributed by atoms with E-state index in [1.165, 1.54) is 0 Å². The van der Waals surface area contributed by atoms with Gasteiger partial charge in [0.2, 0.25) is 0 Å². The van der Waals surface area contributed by atoms with Crippen LogP contribution in [0.25, 0.3) is 0 Å². The molecule has 1 heterocycles. The van der Waals surface area contributed by atoms with Gasteiger partial charge in [-0.05, 0) is 31.8 Å². The van der Waals surface area contributed by atoms with Crippen LogP contribution >= 0.6 is 0 Å². The summed E-state index contributed by atoms with van der Waals surface area (Å²) in [5.74, 6) is -1.13. The van der Waals surface area contributed by atoms with Gasteiger partial charge in [0.1, 0.15) is 0 Å². The molecule has 0 bridgehead atoms. The number of carbonyl (C=O) groups is 1. The average molecular weight is 161 g/mol. The second-order valence-corrected chi connectivity index (χ2v) is 2.90. The summed E-state index contributed by atoms with van der Waals surface area (Å²) in [7, 11) is 0. The van der Waals surface area contributed by atoms with Gasteiger partial charge in [-0.1, -0.05) is 0 Å². The highest BCUT2D eigenvalue weighted by Gasteiger charge is 2.23. The second kappa shape index (κ2) is 3.67. The van der Waals surface area contributed by atoms with Crippen LogP contribution in [0.1, 0.15) is 12.8 Å². The van der Waals surface area contributed by atoms with E-state index in [1.807, 2.05) is 0 Å². The van der Waals surface area contributed by atoms with Gasteiger partial charge >= 0.3 is 5.97 Å². The highest BCUT2D eigenvalue weighted by atomic mass is 19.1. The molecule has 0 radical (unpaired) electrons. The van der Waals surface area contributed by atoms with E-state index in [9.17, 15) is 9.18 Å². The molecule has 1 rings (SSSR count). The number of halogens is 1. The zero-order valence-electron chi connectivity index (χ0n) is 6.22. The predicted molar refractivity (Wildman–Crippen MR) is 38.1 cm³/mol. The van der Waals surface area contributed by atoms with Gasteiger partial charge in [0.05, 0.1) is 0 Å². The molecule has 4 heteroatoms. The summed E-state index contributed by atoms with van der Waals surface area (Å²) in [6, 6.07) is 0. The first-order valence-corrected chi connectivity index (χ1v) is 3.77. The van der Waals surface area contributed by atoms with Crippen molar-refractivity contribution in [1.29, 1.82) is 0 Å². The monoisotopic (exact) mass is 161 g/mol. The molecule has 2 N–H and O–H groups in total. The minimum absolute atomic E-state index is 0.155. The topological polar surface area (TPSA) is 49.3 Å². The highest BCUT2D eigenvalue weighted by Crippen LogP contribution is 2.16. The van der Waals surface area contributed by atoms with Gasteiger partial charge in [-0.15, -0.1) is 0 Å². The van der Waals surface area contributed by atoms with Gasteiger partial charge in [-0.25, -0.2) is 9.18 Å². The van der Waals surface area contributed by atoms with Crippen molar-refractivity contribution in [2.75, 3.05) is 13.1 Å². The molecule has 2 atom stereocenters. The maximum atomic E-state index is 12.6. The van der Waals surface area contributed by atoms with E-state index in [0.717, 1.165) is 19.5 Å². The zero-order chi connectivity index (χ0) is 8.27. The molecule has 3 nitrogen and oxygen atoms in total. The molecule has 1 saturated heterocycles. The molecule has 0 saturated carbocycles. The molecule has 0 aromatic rings. The Kier molecular flexibility index (Phi) is 2.82. The minimum atomic E-state index is -1.68. The third-order valence-electron chi connectivity index (χ3n) is 1.97. The normalized spacial score (nSPS) is 26.8. The Morgan fingerprint density at radius 1 is 1.82 bits per heavy atom. The molecule has 0 aromatic heterocycles. The molecule has 0 amide bonds. The number of aliphatic carboxylic acids is 1. The zero-order valence-corrected chi connectivity index (χ0v) is 6.22. The van der Waals surface area contributed by atoms with Gasteiger partial charge in [0.25, 0.3) is 0 Å². The molecule has 1 aliphatic heterocycles. The quantitative estimate of drug-likeness (QED) is 0.630. The summed E-state index contributed by atoms with van der Waals surface area (Å²) in [5.41, 5.74) is 0. The minimum Gasteiger partial charge on any atom is -0.479 e. The van der Waals surface area contributed by atoms with Crippen LogP contribution in [0.2, 0.25) is 0 Å². The molecule has 11 heavy (non-hydrogen) atoms. The van der Waals surface area contributed by atoms with Gasteiger partial charge in [-0.2, -0.15) is 0 Å². The SMILES string of the molecule is O=C(O)C(F)CC1CCNC1. The number of alkyl halides is 1. The summed E-state index contributed by atoms with van der Waals surface area (Å²) in [5, 5.41) is 11.3. The van der Waals surface area contributed by atoms with Crippen molar-refractivity contribution in [3.05, 3.63) is 0 Å². The number of hydrogen-bond acceptors (Lipinski definition) is 2. The Bertz CT molecular complexity index is 145. The Hall–Kier alpha value is -0.640. The molecular weight excluding hydrogens is 149 g/mol. The van der Waals surface area contributed by atoms with Crippen LogP contribution in [-0.4, -0.2) is 30.3 Å². The van der Waals surface area contributed by atoms with E-state index >= 15 is 0 Å². The molecule has 2 unspecified atom stereocenters. The summed E-state index contributed by atoms with van der Waals surface area (Å²) < 4.78 is 12.6. The van der Waals surface area contributed by atoms with E-state index in [4.69, 9.17) is 5.11 Å². The summed E-state index contributed by atoms with van der Waals surface area (Å²) >= 11 is 0. The number of rotatable bonds is 3. The first-order chi connectivity index (χ1) is 5.20. The van der Waals surface area contributed by atoms with Gasteiger partial charge in [-0.3, -0.25) is 0 Å². The van der Waals surface area contributed by atoms with E-state index in [-0.39, 0.29) is 12.3 Å². The van der Waals surface area contributed by atoms with Crippen molar-refractivity contribution in [3.8, 4) is 0 Å². The van der Waals surface area contributed by atoms with Gasteiger partial charge in [0.15, 0.2) is 6.17 Å². The second-order valence-electron chi connectivity index (χ2n) is 2.90. The number of nitrogens with one attached hydrogen (secondary N) is 1. The highest BCUT2D eigenvalue weighted by molar-refractivity contribution is 5.72. The lowest BCUT2D eigenvalue weighted by molar-refractivity contribution is -0.143. The maximum absolute atomic E-state index is 12.6. The molecule has 0 aromatic carbocycles. The maximum Gasteiger partial charge on any atom is 0.338 e. The molecule has 1 aliphatic rings. The van der Waals surface area contributed by atoms with E-state index in [2.05, 4.69) is 5.32 Å². The smallest absolute Gasteiger partial charge is 0.338 e. The number of carboxylic acid groups (broad SMARTS) is 1. The Morgan fingerprint density at radius 3 is 3.00 bits per heavy atom. The van der Waals surface area contributed by atoms with Crippen LogP contribution in [0.3, 0.4) is 0 Å². The van der Waals surface area contributed by atoms with Crippen molar-refractivity contribution >= 4 is 5.97 Å². The van der Waals surface area contributed by atoms with Crippen LogP contribution < -0.4 is 5.32 Å². The summed E-state index contributed by atoms with van der Waals surface area (Å²) in [6.45, 7) is 1.64. The van der Waals surface area contributed by atoms with Crippen LogP contribution in [0.15, 0.2) is 0 Å². The lowest BCUT2D eigenvalue weighted by Crippen LogP contribution is -2.20. The lowest BCUT2D eigenvalue weighted by atomic mass is 10.0. The summed E-state index contributed by atoms with van der Waals surface area (Å²) in [6.07, 6.45) is -0.629. The molecular formula is C7H12FNO2. The first kappa shape index (κ1) is 8.46. The average Bonchev–Trinajstić information content (AvgIpc) is 2.39. The van der Waals surface area contributed by atoms with Crippen LogP contribution in [-0.2, 0) is 4.79 Å². The van der Waals surface area contributed by atoms with Crippen molar-refractivity contribution < 1.29 is 14.3 Å². The predicted octanol–water partition coefficient (Wildman–Crippen LogP) is 0.409. The number of hydrogen-bond donors (Lipinski definition) is 2. The molecule has 1 fully saturated rings. The van der Waals surface area contributed by atoms with Crippen LogP contribution in [0, 0.1) is 5.92 Å². The van der Waals surface area contributed by atoms with Crippen molar-refractivity contribution in [2.45, 2.75) is 19.0 Å². The van der Waals surface area contributed by atoms with Crippen molar-refractivity contribution in [3.63, 3.8) is 0 Å². The standard InChI is InChI=1S/C7H12FNO2/c8-6(7(10)11)3-5-1-2-9-4-5/h5-6,9H,1-4H2,(H,10,11). The molecule has 0 spiro atoms. The largest absolute Gasteiger partial charge is 0.479 e. The lowest BCUT2D eigenvalue weighted by Gasteiger charge is -2.07. The van der Waals surface area contributed by atoms with Gasteiger partial charge < -0.3 is 10.4 Å². The molecule has 64 valence electrons. The van der Waals surface area contributed by atoms with Crippen molar-refractivity contribution in [2.24, 2.45) is 5.92 Å². The molecule has 0 aliphatic carbocycles. The number of carboxylic acids is 1. The van der Waals surface area contributed by atoms with Crippen molar-refractivity contribution in [1.82, 2.24) is 5.32 Å². The fourth-order valence-electron chi connectivity index (χ4n) is 1.31. The fourth-order valence-corrected chi connectivity index (χ4v) is 1.31. The van der Waals surface area contributed by atoms with Crippen LogP contribution in [0.5, 0.6) is 0 Å². The fraction of sp³-hybridized carbons (Fsp3) is 0.857. The van der Waals surface area contributed by atoms with E-state index < -0.39 is 12.1 Å².